The van der Waals surface area contributed by atoms with Crippen molar-refractivity contribution in [2.75, 3.05) is 0 Å². The van der Waals surface area contributed by atoms with Gasteiger partial charge in [0.15, 0.2) is 0 Å². The summed E-state index contributed by atoms with van der Waals surface area (Å²) in [6, 6.07) is 17.9. The molecular formula is C16H15N3O2. The Hall–Kier alpha value is -2.82. The van der Waals surface area contributed by atoms with Crippen LogP contribution in [-0.4, -0.2) is 20.8 Å². The molecule has 3 aromatic rings. The number of hydrogen-bond acceptors (Lipinski definition) is 2. The number of imidazole rings is 1. The summed E-state index contributed by atoms with van der Waals surface area (Å²) in [6.07, 6.45) is -1.05. The smallest absolute Gasteiger partial charge is 0.405 e. The number of para-hydroxylation sites is 2. The summed E-state index contributed by atoms with van der Waals surface area (Å²) in [5, 5.41) is 11.2. The van der Waals surface area contributed by atoms with E-state index in [0.717, 1.165) is 16.6 Å². The Labute approximate surface area is 121 Å². The first-order chi connectivity index (χ1) is 10.2. The minimum atomic E-state index is -1.05. The number of carbonyl (C=O) groups is 1. The van der Waals surface area contributed by atoms with Crippen LogP contribution in [0, 0.1) is 0 Å². The van der Waals surface area contributed by atoms with Gasteiger partial charge in [0.1, 0.15) is 5.82 Å². The fraction of sp³-hybridized carbons (Fsp3) is 0.125. The molecule has 1 aromatic heterocycles. The summed E-state index contributed by atoms with van der Waals surface area (Å²) in [5.74, 6) is 0.711. The molecule has 0 atom stereocenters. The highest BCUT2D eigenvalue weighted by Gasteiger charge is 2.11. The average Bonchev–Trinajstić information content (AvgIpc) is 2.84. The monoisotopic (exact) mass is 281 g/mol. The van der Waals surface area contributed by atoms with Crippen molar-refractivity contribution >= 4 is 17.1 Å². The van der Waals surface area contributed by atoms with Crippen molar-refractivity contribution in [1.82, 2.24) is 14.9 Å². The van der Waals surface area contributed by atoms with Crippen molar-refractivity contribution in [2.45, 2.75) is 13.1 Å². The van der Waals surface area contributed by atoms with Crippen LogP contribution < -0.4 is 5.32 Å². The van der Waals surface area contributed by atoms with Crippen molar-refractivity contribution in [3.8, 4) is 0 Å². The summed E-state index contributed by atoms with van der Waals surface area (Å²) in [4.78, 5) is 15.2. The van der Waals surface area contributed by atoms with Crippen molar-refractivity contribution < 1.29 is 9.90 Å². The van der Waals surface area contributed by atoms with Gasteiger partial charge in [-0.15, -0.1) is 0 Å². The second kappa shape index (κ2) is 5.66. The first kappa shape index (κ1) is 13.2. The molecule has 0 spiro atoms. The summed E-state index contributed by atoms with van der Waals surface area (Å²) in [5.41, 5.74) is 3.02. The maximum absolute atomic E-state index is 10.7. The molecular weight excluding hydrogens is 266 g/mol. The molecule has 1 amide bonds. The molecule has 3 rings (SSSR count). The van der Waals surface area contributed by atoms with Crippen LogP contribution in [0.25, 0.3) is 11.0 Å². The van der Waals surface area contributed by atoms with Gasteiger partial charge in [-0.1, -0.05) is 42.5 Å². The topological polar surface area (TPSA) is 67.2 Å². The molecule has 2 aromatic carbocycles. The maximum atomic E-state index is 10.7. The molecule has 2 N–H and O–H groups in total. The first-order valence-corrected chi connectivity index (χ1v) is 6.69. The van der Waals surface area contributed by atoms with Crippen LogP contribution in [0.5, 0.6) is 0 Å². The standard InChI is InChI=1S/C16H15N3O2/c20-16(21)17-10-15-18-13-8-4-5-9-14(13)19(15)11-12-6-2-1-3-7-12/h1-9,17H,10-11H2,(H,20,21). The van der Waals surface area contributed by atoms with Gasteiger partial charge in [-0.2, -0.15) is 0 Å². The molecule has 0 unspecified atom stereocenters. The van der Waals surface area contributed by atoms with E-state index in [1.807, 2.05) is 59.2 Å². The average molecular weight is 281 g/mol. The lowest BCUT2D eigenvalue weighted by atomic mass is 10.2. The van der Waals surface area contributed by atoms with Crippen molar-refractivity contribution in [3.63, 3.8) is 0 Å². The predicted octanol–water partition coefficient (Wildman–Crippen LogP) is 2.85. The molecule has 0 saturated carbocycles. The lowest BCUT2D eigenvalue weighted by Gasteiger charge is -2.09. The van der Waals surface area contributed by atoms with Gasteiger partial charge in [0, 0.05) is 6.54 Å². The number of nitrogens with zero attached hydrogens (tertiary/aromatic N) is 2. The van der Waals surface area contributed by atoms with Gasteiger partial charge in [0.2, 0.25) is 0 Å². The lowest BCUT2D eigenvalue weighted by molar-refractivity contribution is 0.193. The van der Waals surface area contributed by atoms with E-state index in [1.165, 1.54) is 0 Å². The Balaban J connectivity index is 2.00. The highest BCUT2D eigenvalue weighted by molar-refractivity contribution is 5.76. The van der Waals surface area contributed by atoms with Gasteiger partial charge in [0.05, 0.1) is 17.6 Å². The molecule has 21 heavy (non-hydrogen) atoms. The zero-order chi connectivity index (χ0) is 14.7. The molecule has 0 aliphatic carbocycles. The van der Waals surface area contributed by atoms with Gasteiger partial charge in [-0.3, -0.25) is 0 Å². The third kappa shape index (κ3) is 2.86. The van der Waals surface area contributed by atoms with E-state index in [4.69, 9.17) is 5.11 Å². The van der Waals surface area contributed by atoms with Crippen molar-refractivity contribution in [1.29, 1.82) is 0 Å². The van der Waals surface area contributed by atoms with Crippen LogP contribution in [0.15, 0.2) is 54.6 Å². The molecule has 0 radical (unpaired) electrons. The second-order valence-corrected chi connectivity index (χ2v) is 4.75. The second-order valence-electron chi connectivity index (χ2n) is 4.75. The van der Waals surface area contributed by atoms with Crippen molar-refractivity contribution in [3.05, 3.63) is 66.0 Å². The number of amides is 1. The van der Waals surface area contributed by atoms with Gasteiger partial charge in [-0.05, 0) is 17.7 Å². The Morgan fingerprint density at radius 3 is 2.57 bits per heavy atom. The molecule has 0 fully saturated rings. The number of aromatic nitrogens is 2. The first-order valence-electron chi connectivity index (χ1n) is 6.69. The van der Waals surface area contributed by atoms with Crippen molar-refractivity contribution in [2.24, 2.45) is 0 Å². The molecule has 5 nitrogen and oxygen atoms in total. The van der Waals surface area contributed by atoms with E-state index < -0.39 is 6.09 Å². The molecule has 1 heterocycles. The maximum Gasteiger partial charge on any atom is 0.405 e. The molecule has 0 bridgehead atoms. The summed E-state index contributed by atoms with van der Waals surface area (Å²) in [6.45, 7) is 0.856. The minimum absolute atomic E-state index is 0.191. The zero-order valence-corrected chi connectivity index (χ0v) is 11.4. The van der Waals surface area contributed by atoms with E-state index in [-0.39, 0.29) is 6.54 Å². The van der Waals surface area contributed by atoms with Crippen LogP contribution in [0.1, 0.15) is 11.4 Å². The van der Waals surface area contributed by atoms with E-state index in [0.29, 0.717) is 12.4 Å². The quantitative estimate of drug-likeness (QED) is 0.772. The van der Waals surface area contributed by atoms with Gasteiger partial charge in [0.25, 0.3) is 0 Å². The molecule has 0 aliphatic rings. The zero-order valence-electron chi connectivity index (χ0n) is 11.4. The molecule has 0 aliphatic heterocycles. The largest absolute Gasteiger partial charge is 0.465 e. The Morgan fingerprint density at radius 1 is 1.10 bits per heavy atom. The van der Waals surface area contributed by atoms with Gasteiger partial charge in [-0.25, -0.2) is 9.78 Å². The van der Waals surface area contributed by atoms with Crippen LogP contribution in [0.4, 0.5) is 4.79 Å². The number of hydrogen-bond donors (Lipinski definition) is 2. The summed E-state index contributed by atoms with van der Waals surface area (Å²) < 4.78 is 2.04. The third-order valence-corrected chi connectivity index (χ3v) is 3.31. The SMILES string of the molecule is O=C(O)NCc1nc2ccccc2n1Cc1ccccc1. The van der Waals surface area contributed by atoms with Crippen LogP contribution in [0.2, 0.25) is 0 Å². The van der Waals surface area contributed by atoms with Gasteiger partial charge >= 0.3 is 6.09 Å². The van der Waals surface area contributed by atoms with Crippen LogP contribution in [-0.2, 0) is 13.1 Å². The third-order valence-electron chi connectivity index (χ3n) is 3.31. The summed E-state index contributed by atoms with van der Waals surface area (Å²) >= 11 is 0. The number of nitrogens with one attached hydrogen (secondary N) is 1. The number of benzene rings is 2. The highest BCUT2D eigenvalue weighted by atomic mass is 16.4. The normalized spacial score (nSPS) is 10.7. The Morgan fingerprint density at radius 2 is 1.81 bits per heavy atom. The van der Waals surface area contributed by atoms with Gasteiger partial charge < -0.3 is 15.0 Å². The molecule has 106 valence electrons. The lowest BCUT2D eigenvalue weighted by Crippen LogP contribution is -2.22. The van der Waals surface area contributed by atoms with Crippen LogP contribution >= 0.6 is 0 Å². The fourth-order valence-corrected chi connectivity index (χ4v) is 2.36. The Kier molecular flexibility index (Phi) is 3.55. The van der Waals surface area contributed by atoms with E-state index in [2.05, 4.69) is 10.3 Å². The number of fused-ring (bicyclic) bond motifs is 1. The van der Waals surface area contributed by atoms with E-state index in [9.17, 15) is 4.79 Å². The van der Waals surface area contributed by atoms with Crippen LogP contribution in [0.3, 0.4) is 0 Å². The molecule has 0 saturated heterocycles. The highest BCUT2D eigenvalue weighted by Crippen LogP contribution is 2.18. The predicted molar refractivity (Wildman–Crippen MR) is 80.1 cm³/mol. The van der Waals surface area contributed by atoms with E-state index in [1.54, 1.807) is 0 Å². The number of carboxylic acid groups (broad SMARTS) is 1. The van der Waals surface area contributed by atoms with E-state index >= 15 is 0 Å². The molecule has 5 heteroatoms. The minimum Gasteiger partial charge on any atom is -0.465 e. The Bertz CT molecular complexity index is 766. The number of rotatable bonds is 4. The fourth-order valence-electron chi connectivity index (χ4n) is 2.36. The summed E-state index contributed by atoms with van der Waals surface area (Å²) in [7, 11) is 0.